The van der Waals surface area contributed by atoms with E-state index >= 15 is 0 Å². The molecule has 0 spiro atoms. The fourth-order valence-electron chi connectivity index (χ4n) is 2.19. The van der Waals surface area contributed by atoms with Gasteiger partial charge in [0.2, 0.25) is 0 Å². The number of hydrogen-bond acceptors (Lipinski definition) is 2. The number of nitrogens with zero attached hydrogens (tertiary/aromatic N) is 2. The minimum absolute atomic E-state index is 0.430. The highest BCUT2D eigenvalue weighted by Gasteiger charge is 2.18. The molecule has 0 radical (unpaired) electrons. The van der Waals surface area contributed by atoms with Gasteiger partial charge in [0.25, 0.3) is 0 Å². The third kappa shape index (κ3) is 2.78. The molecule has 0 amide bonds. The van der Waals surface area contributed by atoms with E-state index in [-0.39, 0.29) is 0 Å². The maximum atomic E-state index is 10.4. The first-order valence-corrected chi connectivity index (χ1v) is 6.78. The van der Waals surface area contributed by atoms with Crippen LogP contribution >= 0.6 is 23.2 Å². The van der Waals surface area contributed by atoms with Gasteiger partial charge in [-0.2, -0.15) is 5.10 Å². The van der Waals surface area contributed by atoms with Crippen LogP contribution in [-0.2, 0) is 13.5 Å². The van der Waals surface area contributed by atoms with Gasteiger partial charge in [-0.3, -0.25) is 4.68 Å². The minimum Gasteiger partial charge on any atom is -0.388 e. The molecule has 0 aliphatic heterocycles. The Labute approximate surface area is 122 Å². The van der Waals surface area contributed by atoms with Crippen molar-refractivity contribution in [2.24, 2.45) is 7.05 Å². The van der Waals surface area contributed by atoms with Gasteiger partial charge < -0.3 is 5.11 Å². The van der Waals surface area contributed by atoms with E-state index in [4.69, 9.17) is 23.2 Å². The molecular formula is C14H16Cl2N2O. The normalized spacial score (nSPS) is 12.7. The summed E-state index contributed by atoms with van der Waals surface area (Å²) in [6.45, 7) is 3.79. The van der Waals surface area contributed by atoms with Gasteiger partial charge in [0, 0.05) is 24.1 Å². The number of aliphatic hydroxyl groups excluding tert-OH is 1. The van der Waals surface area contributed by atoms with Crippen LogP contribution in [0.25, 0.3) is 0 Å². The fourth-order valence-corrected chi connectivity index (χ4v) is 2.63. The molecule has 1 aromatic heterocycles. The molecule has 102 valence electrons. The minimum atomic E-state index is -0.640. The first-order chi connectivity index (χ1) is 8.91. The zero-order valence-corrected chi connectivity index (χ0v) is 12.6. The largest absolute Gasteiger partial charge is 0.388 e. The highest BCUT2D eigenvalue weighted by atomic mass is 35.5. The van der Waals surface area contributed by atoms with E-state index in [0.29, 0.717) is 16.6 Å². The first kappa shape index (κ1) is 14.4. The van der Waals surface area contributed by atoms with E-state index in [2.05, 4.69) is 5.10 Å². The second-order valence-corrected chi connectivity index (χ2v) is 5.42. The summed E-state index contributed by atoms with van der Waals surface area (Å²) in [5, 5.41) is 15.9. The SMILES string of the molecule is Cc1nn(C)c(Cl)c1CC(O)c1cccc(Cl)c1C. The lowest BCUT2D eigenvalue weighted by Crippen LogP contribution is -2.05. The Hall–Kier alpha value is -1.03. The Kier molecular flexibility index (Phi) is 4.19. The molecule has 0 bridgehead atoms. The van der Waals surface area contributed by atoms with E-state index in [0.717, 1.165) is 22.4 Å². The van der Waals surface area contributed by atoms with Gasteiger partial charge in [-0.1, -0.05) is 35.3 Å². The number of aromatic nitrogens is 2. The average Bonchev–Trinajstić information content (AvgIpc) is 2.59. The van der Waals surface area contributed by atoms with Crippen LogP contribution in [0.2, 0.25) is 10.2 Å². The smallest absolute Gasteiger partial charge is 0.130 e. The number of hydrogen-bond donors (Lipinski definition) is 1. The maximum absolute atomic E-state index is 10.4. The number of aryl methyl sites for hydroxylation is 2. The second kappa shape index (κ2) is 5.53. The van der Waals surface area contributed by atoms with Gasteiger partial charge in [-0.25, -0.2) is 0 Å². The molecule has 2 aromatic rings. The summed E-state index contributed by atoms with van der Waals surface area (Å²) < 4.78 is 1.61. The molecular weight excluding hydrogens is 283 g/mol. The van der Waals surface area contributed by atoms with Crippen molar-refractivity contribution < 1.29 is 5.11 Å². The summed E-state index contributed by atoms with van der Waals surface area (Å²) in [5.74, 6) is 0. The van der Waals surface area contributed by atoms with Crippen LogP contribution in [0.3, 0.4) is 0 Å². The van der Waals surface area contributed by atoms with Gasteiger partial charge in [-0.15, -0.1) is 0 Å². The van der Waals surface area contributed by atoms with E-state index in [1.807, 2.05) is 32.0 Å². The number of rotatable bonds is 3. The molecule has 0 saturated carbocycles. The van der Waals surface area contributed by atoms with Crippen LogP contribution < -0.4 is 0 Å². The zero-order valence-electron chi connectivity index (χ0n) is 11.1. The van der Waals surface area contributed by atoms with E-state index in [1.54, 1.807) is 11.7 Å². The number of aliphatic hydroxyl groups is 1. The molecule has 0 saturated heterocycles. The van der Waals surface area contributed by atoms with Crippen molar-refractivity contribution in [1.29, 1.82) is 0 Å². The molecule has 19 heavy (non-hydrogen) atoms. The monoisotopic (exact) mass is 298 g/mol. The lowest BCUT2D eigenvalue weighted by atomic mass is 9.98. The van der Waals surface area contributed by atoms with Crippen molar-refractivity contribution in [3.8, 4) is 0 Å². The summed E-state index contributed by atoms with van der Waals surface area (Å²) in [6, 6.07) is 5.53. The van der Waals surface area contributed by atoms with Crippen LogP contribution in [0.4, 0.5) is 0 Å². The number of benzene rings is 1. The van der Waals surface area contributed by atoms with Crippen LogP contribution in [0.15, 0.2) is 18.2 Å². The first-order valence-electron chi connectivity index (χ1n) is 6.03. The molecule has 5 heteroatoms. The standard InChI is InChI=1S/C14H16Cl2N2O/c1-8-10(5-4-6-12(8)15)13(19)7-11-9(2)17-18(3)14(11)16/h4-6,13,19H,7H2,1-3H3. The maximum Gasteiger partial charge on any atom is 0.130 e. The van der Waals surface area contributed by atoms with Crippen LogP contribution in [0, 0.1) is 13.8 Å². The molecule has 1 atom stereocenters. The third-order valence-corrected chi connectivity index (χ3v) is 4.22. The molecule has 0 aliphatic carbocycles. The van der Waals surface area contributed by atoms with Crippen LogP contribution in [0.1, 0.15) is 28.5 Å². The van der Waals surface area contributed by atoms with Crippen molar-refractivity contribution in [2.75, 3.05) is 0 Å². The van der Waals surface area contributed by atoms with Crippen LogP contribution in [0.5, 0.6) is 0 Å². The Morgan fingerprint density at radius 1 is 1.32 bits per heavy atom. The second-order valence-electron chi connectivity index (χ2n) is 4.65. The lowest BCUT2D eigenvalue weighted by molar-refractivity contribution is 0.177. The van der Waals surface area contributed by atoms with Gasteiger partial charge in [-0.05, 0) is 31.0 Å². The predicted molar refractivity (Wildman–Crippen MR) is 77.8 cm³/mol. The Balaban J connectivity index is 2.31. The summed E-state index contributed by atoms with van der Waals surface area (Å²) in [7, 11) is 1.79. The lowest BCUT2D eigenvalue weighted by Gasteiger charge is -2.14. The molecule has 0 aliphatic rings. The van der Waals surface area contributed by atoms with Gasteiger partial charge in [0.15, 0.2) is 0 Å². The fraction of sp³-hybridized carbons (Fsp3) is 0.357. The summed E-state index contributed by atoms with van der Waals surface area (Å²) >= 11 is 12.3. The van der Waals surface area contributed by atoms with Crippen molar-refractivity contribution in [3.05, 3.63) is 50.8 Å². The third-order valence-electron chi connectivity index (χ3n) is 3.34. The van der Waals surface area contributed by atoms with Crippen molar-refractivity contribution in [1.82, 2.24) is 9.78 Å². The topological polar surface area (TPSA) is 38.0 Å². The molecule has 1 unspecified atom stereocenters. The summed E-state index contributed by atoms with van der Waals surface area (Å²) in [5.41, 5.74) is 3.43. The highest BCUT2D eigenvalue weighted by molar-refractivity contribution is 6.31. The summed E-state index contributed by atoms with van der Waals surface area (Å²) in [6.07, 6.45) is -0.209. The Morgan fingerprint density at radius 2 is 2.00 bits per heavy atom. The molecule has 0 fully saturated rings. The van der Waals surface area contributed by atoms with Gasteiger partial charge in [0.05, 0.1) is 11.8 Å². The summed E-state index contributed by atoms with van der Waals surface area (Å²) in [4.78, 5) is 0. The van der Waals surface area contributed by atoms with Crippen LogP contribution in [-0.4, -0.2) is 14.9 Å². The molecule has 1 N–H and O–H groups in total. The molecule has 2 rings (SSSR count). The van der Waals surface area contributed by atoms with E-state index < -0.39 is 6.10 Å². The average molecular weight is 299 g/mol. The van der Waals surface area contributed by atoms with E-state index in [1.165, 1.54) is 0 Å². The van der Waals surface area contributed by atoms with Crippen molar-refractivity contribution in [3.63, 3.8) is 0 Å². The van der Waals surface area contributed by atoms with Crippen molar-refractivity contribution >= 4 is 23.2 Å². The Bertz CT molecular complexity index is 608. The van der Waals surface area contributed by atoms with Gasteiger partial charge >= 0.3 is 0 Å². The van der Waals surface area contributed by atoms with Gasteiger partial charge in [0.1, 0.15) is 5.15 Å². The molecule has 1 heterocycles. The number of halogens is 2. The quantitative estimate of drug-likeness (QED) is 0.940. The zero-order chi connectivity index (χ0) is 14.2. The predicted octanol–water partition coefficient (Wildman–Crippen LogP) is 3.62. The Morgan fingerprint density at radius 3 is 2.58 bits per heavy atom. The highest BCUT2D eigenvalue weighted by Crippen LogP contribution is 2.29. The van der Waals surface area contributed by atoms with E-state index in [9.17, 15) is 5.11 Å². The molecule has 3 nitrogen and oxygen atoms in total. The van der Waals surface area contributed by atoms with Crippen molar-refractivity contribution in [2.45, 2.75) is 26.4 Å². The molecule has 1 aromatic carbocycles.